The van der Waals surface area contributed by atoms with Gasteiger partial charge < -0.3 is 21.5 Å². The van der Waals surface area contributed by atoms with Crippen LogP contribution >= 0.6 is 0 Å². The number of amides is 3. The average molecular weight is 231 g/mol. The lowest BCUT2D eigenvalue weighted by Gasteiger charge is -2.24. The zero-order valence-corrected chi connectivity index (χ0v) is 9.37. The predicted octanol–water partition coefficient (Wildman–Crippen LogP) is -0.586. The van der Waals surface area contributed by atoms with E-state index in [2.05, 4.69) is 10.6 Å². The Morgan fingerprint density at radius 3 is 2.31 bits per heavy atom. The van der Waals surface area contributed by atoms with Crippen molar-refractivity contribution in [1.82, 2.24) is 10.6 Å². The second kappa shape index (κ2) is 5.94. The zero-order chi connectivity index (χ0) is 12.8. The van der Waals surface area contributed by atoms with Gasteiger partial charge in [0, 0.05) is 13.0 Å². The Balaban J connectivity index is 4.12. The van der Waals surface area contributed by atoms with E-state index >= 15 is 0 Å². The number of carbonyl (C=O) groups excluding carboxylic acids is 2. The summed E-state index contributed by atoms with van der Waals surface area (Å²) in [6, 6.07) is -0.631. The highest BCUT2D eigenvalue weighted by molar-refractivity contribution is 5.86. The molecule has 7 heteroatoms. The molecule has 92 valence electrons. The van der Waals surface area contributed by atoms with Gasteiger partial charge in [-0.05, 0) is 13.3 Å². The Kier molecular flexibility index (Phi) is 5.27. The first-order valence-corrected chi connectivity index (χ1v) is 4.89. The van der Waals surface area contributed by atoms with Gasteiger partial charge in [0.15, 0.2) is 0 Å². The molecule has 0 aromatic rings. The van der Waals surface area contributed by atoms with E-state index in [1.165, 1.54) is 6.92 Å². The number of urea groups is 1. The van der Waals surface area contributed by atoms with E-state index in [0.29, 0.717) is 0 Å². The summed E-state index contributed by atoms with van der Waals surface area (Å²) in [4.78, 5) is 32.5. The average Bonchev–Trinajstić information content (AvgIpc) is 2.16. The monoisotopic (exact) mass is 231 g/mol. The molecular formula is C9H17N3O4. The number of carbonyl (C=O) groups is 3. The largest absolute Gasteiger partial charge is 0.480 e. The number of carboxylic acid groups (broad SMARTS) is 1. The Morgan fingerprint density at radius 1 is 1.38 bits per heavy atom. The van der Waals surface area contributed by atoms with Gasteiger partial charge in [-0.2, -0.15) is 0 Å². The van der Waals surface area contributed by atoms with E-state index in [9.17, 15) is 14.4 Å². The topological polar surface area (TPSA) is 122 Å². The quantitative estimate of drug-likeness (QED) is 0.488. The van der Waals surface area contributed by atoms with Crippen molar-refractivity contribution in [3.8, 4) is 0 Å². The van der Waals surface area contributed by atoms with Crippen LogP contribution in [0.5, 0.6) is 0 Å². The number of carboxylic acids is 1. The second-order valence-electron chi connectivity index (χ2n) is 3.59. The molecule has 0 aliphatic heterocycles. The number of aliphatic carboxylic acids is 1. The molecule has 5 N–H and O–H groups in total. The number of hydrogen-bond acceptors (Lipinski definition) is 3. The molecule has 7 nitrogen and oxygen atoms in total. The van der Waals surface area contributed by atoms with Crippen LogP contribution in [0.3, 0.4) is 0 Å². The van der Waals surface area contributed by atoms with Gasteiger partial charge in [0.2, 0.25) is 5.91 Å². The Morgan fingerprint density at radius 2 is 1.94 bits per heavy atom. The van der Waals surface area contributed by atoms with E-state index in [-0.39, 0.29) is 19.4 Å². The van der Waals surface area contributed by atoms with Gasteiger partial charge in [-0.15, -0.1) is 0 Å². The van der Waals surface area contributed by atoms with E-state index in [4.69, 9.17) is 10.8 Å². The van der Waals surface area contributed by atoms with Crippen molar-refractivity contribution < 1.29 is 19.5 Å². The number of hydrogen-bond donors (Lipinski definition) is 4. The van der Waals surface area contributed by atoms with Crippen LogP contribution in [0.4, 0.5) is 4.79 Å². The van der Waals surface area contributed by atoms with Crippen LogP contribution in [-0.2, 0) is 9.59 Å². The van der Waals surface area contributed by atoms with Crippen LogP contribution in [0, 0.1) is 0 Å². The van der Waals surface area contributed by atoms with Crippen LogP contribution in [0.2, 0.25) is 0 Å². The van der Waals surface area contributed by atoms with E-state index < -0.39 is 23.4 Å². The second-order valence-corrected chi connectivity index (χ2v) is 3.59. The van der Waals surface area contributed by atoms with Crippen molar-refractivity contribution in [2.45, 2.75) is 32.2 Å². The number of nitrogens with one attached hydrogen (secondary N) is 2. The standard InChI is InChI=1S/C9H17N3O4/c1-3-9(2,7(14)15)12-8(16)11-5-4-6(10)13/h3-5H2,1-2H3,(H2,10,13)(H,14,15)(H2,11,12,16). The predicted molar refractivity (Wildman–Crippen MR) is 56.7 cm³/mol. The number of primary amides is 1. The lowest BCUT2D eigenvalue weighted by molar-refractivity contribution is -0.143. The summed E-state index contributed by atoms with van der Waals surface area (Å²) >= 11 is 0. The van der Waals surface area contributed by atoms with Crippen molar-refractivity contribution in [2.75, 3.05) is 6.54 Å². The van der Waals surface area contributed by atoms with Crippen molar-refractivity contribution in [3.05, 3.63) is 0 Å². The highest BCUT2D eigenvalue weighted by Gasteiger charge is 2.32. The summed E-state index contributed by atoms with van der Waals surface area (Å²) in [7, 11) is 0. The summed E-state index contributed by atoms with van der Waals surface area (Å²) in [5.74, 6) is -1.64. The zero-order valence-electron chi connectivity index (χ0n) is 9.37. The first-order valence-electron chi connectivity index (χ1n) is 4.89. The highest BCUT2D eigenvalue weighted by atomic mass is 16.4. The highest BCUT2D eigenvalue weighted by Crippen LogP contribution is 2.08. The van der Waals surface area contributed by atoms with Gasteiger partial charge in [-0.25, -0.2) is 9.59 Å². The van der Waals surface area contributed by atoms with Crippen LogP contribution in [0.15, 0.2) is 0 Å². The Labute approximate surface area is 93.4 Å². The van der Waals surface area contributed by atoms with Crippen molar-refractivity contribution in [2.24, 2.45) is 5.73 Å². The van der Waals surface area contributed by atoms with Gasteiger partial charge in [0.05, 0.1) is 0 Å². The fourth-order valence-corrected chi connectivity index (χ4v) is 0.887. The smallest absolute Gasteiger partial charge is 0.329 e. The minimum atomic E-state index is -1.31. The molecule has 0 radical (unpaired) electrons. The summed E-state index contributed by atoms with van der Waals surface area (Å²) in [6.07, 6.45) is 0.273. The minimum absolute atomic E-state index is 0.0172. The van der Waals surface area contributed by atoms with Gasteiger partial charge in [0.25, 0.3) is 0 Å². The van der Waals surface area contributed by atoms with Gasteiger partial charge in [-0.3, -0.25) is 4.79 Å². The molecular weight excluding hydrogens is 214 g/mol. The van der Waals surface area contributed by atoms with Crippen LogP contribution in [0.1, 0.15) is 26.7 Å². The summed E-state index contributed by atoms with van der Waals surface area (Å²) in [5.41, 5.74) is 3.57. The molecule has 0 aromatic carbocycles. The molecule has 0 aromatic heterocycles. The van der Waals surface area contributed by atoms with Gasteiger partial charge in [0.1, 0.15) is 5.54 Å². The minimum Gasteiger partial charge on any atom is -0.480 e. The first-order chi connectivity index (χ1) is 7.31. The maximum atomic E-state index is 11.3. The third-order valence-electron chi connectivity index (χ3n) is 2.23. The van der Waals surface area contributed by atoms with E-state index in [0.717, 1.165) is 0 Å². The molecule has 0 spiro atoms. The molecule has 0 heterocycles. The van der Waals surface area contributed by atoms with Gasteiger partial charge >= 0.3 is 12.0 Å². The molecule has 1 unspecified atom stereocenters. The molecule has 0 saturated heterocycles. The fraction of sp³-hybridized carbons (Fsp3) is 0.667. The van der Waals surface area contributed by atoms with Crippen LogP contribution in [0.25, 0.3) is 0 Å². The maximum absolute atomic E-state index is 11.3. The Bertz CT molecular complexity index is 292. The van der Waals surface area contributed by atoms with E-state index in [1.54, 1.807) is 6.92 Å². The molecule has 16 heavy (non-hydrogen) atoms. The summed E-state index contributed by atoms with van der Waals surface area (Å²) in [6.45, 7) is 3.14. The molecule has 0 bridgehead atoms. The third-order valence-corrected chi connectivity index (χ3v) is 2.23. The summed E-state index contributed by atoms with van der Waals surface area (Å²) < 4.78 is 0. The fourth-order valence-electron chi connectivity index (χ4n) is 0.887. The lowest BCUT2D eigenvalue weighted by atomic mass is 10.00. The van der Waals surface area contributed by atoms with Crippen molar-refractivity contribution in [1.29, 1.82) is 0 Å². The van der Waals surface area contributed by atoms with Crippen molar-refractivity contribution >= 4 is 17.9 Å². The van der Waals surface area contributed by atoms with Crippen molar-refractivity contribution in [3.63, 3.8) is 0 Å². The molecule has 0 saturated carbocycles. The molecule has 0 aliphatic rings. The molecule has 0 rings (SSSR count). The molecule has 1 atom stereocenters. The summed E-state index contributed by atoms with van der Waals surface area (Å²) in [5, 5.41) is 13.5. The Hall–Kier alpha value is -1.79. The maximum Gasteiger partial charge on any atom is 0.329 e. The van der Waals surface area contributed by atoms with Gasteiger partial charge in [-0.1, -0.05) is 6.92 Å². The molecule has 0 fully saturated rings. The lowest BCUT2D eigenvalue weighted by Crippen LogP contribution is -2.55. The number of rotatable bonds is 6. The van der Waals surface area contributed by atoms with E-state index in [1.807, 2.05) is 0 Å². The normalized spacial score (nSPS) is 13.6. The van der Waals surface area contributed by atoms with Crippen LogP contribution in [-0.4, -0.2) is 35.1 Å². The SMILES string of the molecule is CCC(C)(NC(=O)NCCC(N)=O)C(=O)O. The number of nitrogens with two attached hydrogens (primary N) is 1. The molecule has 0 aliphatic carbocycles. The van der Waals surface area contributed by atoms with Crippen LogP contribution < -0.4 is 16.4 Å². The third kappa shape index (κ3) is 4.63. The first kappa shape index (κ1) is 14.2. The molecule has 3 amide bonds.